The van der Waals surface area contributed by atoms with Crippen molar-refractivity contribution in [2.24, 2.45) is 4.99 Å². The fraction of sp³-hybridized carbons (Fsp3) is 0.533. The van der Waals surface area contributed by atoms with E-state index >= 15 is 0 Å². The van der Waals surface area contributed by atoms with Gasteiger partial charge in [-0.2, -0.15) is 0 Å². The maximum absolute atomic E-state index is 12.8. The van der Waals surface area contributed by atoms with Gasteiger partial charge in [0.25, 0.3) is 0 Å². The van der Waals surface area contributed by atoms with E-state index in [0.29, 0.717) is 0 Å². The van der Waals surface area contributed by atoms with Gasteiger partial charge in [-0.3, -0.25) is 4.99 Å². The van der Waals surface area contributed by atoms with Crippen LogP contribution in [0.5, 0.6) is 0 Å². The molecule has 0 amide bonds. The lowest BCUT2D eigenvalue weighted by molar-refractivity contribution is 0.407. The summed E-state index contributed by atoms with van der Waals surface area (Å²) in [4.78, 5) is 4.61. The third kappa shape index (κ3) is 3.72. The highest BCUT2D eigenvalue weighted by atomic mass is 32.2. The second kappa shape index (κ2) is 6.42. The van der Waals surface area contributed by atoms with Gasteiger partial charge in [0, 0.05) is 17.8 Å². The Bertz CT molecular complexity index is 438. The van der Waals surface area contributed by atoms with Crippen LogP contribution in [0.2, 0.25) is 0 Å². The number of halogens is 1. The summed E-state index contributed by atoms with van der Waals surface area (Å²) in [5.74, 6) is 0.925. The molecule has 1 heterocycles. The van der Waals surface area contributed by atoms with E-state index in [4.69, 9.17) is 0 Å². The summed E-state index contributed by atoms with van der Waals surface area (Å²) in [6.07, 6.45) is 3.12. The van der Waals surface area contributed by atoms with Gasteiger partial charge in [-0.1, -0.05) is 37.7 Å². The number of nitrogens with zero attached hydrogens (tertiary/aromatic N) is 1. The molecule has 1 fully saturated rings. The lowest BCUT2D eigenvalue weighted by Gasteiger charge is -2.25. The van der Waals surface area contributed by atoms with Crippen molar-refractivity contribution in [3.8, 4) is 0 Å². The average Bonchev–Trinajstić information content (AvgIpc) is 2.85. The molecule has 0 saturated carbocycles. The molecule has 104 valence electrons. The SMILES string of the molecule is CCC1(CC)CSC(=NCCc2ccc(F)cc2)N1. The summed E-state index contributed by atoms with van der Waals surface area (Å²) in [6.45, 7) is 5.20. The van der Waals surface area contributed by atoms with E-state index in [0.717, 1.165) is 42.3 Å². The van der Waals surface area contributed by atoms with Crippen LogP contribution in [0.15, 0.2) is 29.3 Å². The van der Waals surface area contributed by atoms with E-state index < -0.39 is 0 Å². The van der Waals surface area contributed by atoms with Crippen molar-refractivity contribution in [2.75, 3.05) is 12.3 Å². The molecule has 1 aromatic carbocycles. The summed E-state index contributed by atoms with van der Waals surface area (Å²) < 4.78 is 12.8. The zero-order valence-electron chi connectivity index (χ0n) is 11.6. The monoisotopic (exact) mass is 280 g/mol. The highest BCUT2D eigenvalue weighted by molar-refractivity contribution is 8.14. The average molecular weight is 280 g/mol. The third-order valence-corrected chi connectivity index (χ3v) is 4.98. The first-order valence-corrected chi connectivity index (χ1v) is 7.86. The van der Waals surface area contributed by atoms with Gasteiger partial charge in [-0.15, -0.1) is 0 Å². The molecule has 1 aromatic rings. The molecule has 2 nitrogen and oxygen atoms in total. The van der Waals surface area contributed by atoms with Crippen LogP contribution in [0, 0.1) is 5.82 Å². The van der Waals surface area contributed by atoms with Crippen LogP contribution in [-0.4, -0.2) is 23.0 Å². The molecule has 1 N–H and O–H groups in total. The Hall–Kier alpha value is -1.03. The smallest absolute Gasteiger partial charge is 0.157 e. The fourth-order valence-corrected chi connectivity index (χ4v) is 3.52. The van der Waals surface area contributed by atoms with Crippen LogP contribution in [0.3, 0.4) is 0 Å². The van der Waals surface area contributed by atoms with Gasteiger partial charge in [0.15, 0.2) is 5.17 Å². The van der Waals surface area contributed by atoms with Crippen molar-refractivity contribution in [1.29, 1.82) is 0 Å². The number of hydrogen-bond donors (Lipinski definition) is 1. The molecule has 0 unspecified atom stereocenters. The molecule has 1 saturated heterocycles. The zero-order valence-corrected chi connectivity index (χ0v) is 12.4. The Kier molecular flexibility index (Phi) is 4.86. The fourth-order valence-electron chi connectivity index (χ4n) is 2.16. The molecular weight excluding hydrogens is 259 g/mol. The molecule has 0 atom stereocenters. The molecule has 0 aromatic heterocycles. The van der Waals surface area contributed by atoms with Gasteiger partial charge in [-0.25, -0.2) is 4.39 Å². The molecule has 19 heavy (non-hydrogen) atoms. The minimum atomic E-state index is -0.182. The minimum Gasteiger partial charge on any atom is -0.359 e. The van der Waals surface area contributed by atoms with Crippen molar-refractivity contribution < 1.29 is 4.39 Å². The van der Waals surface area contributed by atoms with E-state index in [1.807, 2.05) is 23.9 Å². The molecule has 1 aliphatic heterocycles. The van der Waals surface area contributed by atoms with Crippen LogP contribution < -0.4 is 5.32 Å². The largest absolute Gasteiger partial charge is 0.359 e. The zero-order chi connectivity index (χ0) is 13.7. The Morgan fingerprint density at radius 1 is 1.26 bits per heavy atom. The Morgan fingerprint density at radius 2 is 1.95 bits per heavy atom. The topological polar surface area (TPSA) is 24.4 Å². The number of amidine groups is 1. The summed E-state index contributed by atoms with van der Waals surface area (Å²) >= 11 is 1.81. The van der Waals surface area contributed by atoms with Crippen molar-refractivity contribution in [3.63, 3.8) is 0 Å². The Labute approximate surface area is 118 Å². The lowest BCUT2D eigenvalue weighted by atomic mass is 9.96. The van der Waals surface area contributed by atoms with Crippen LogP contribution in [0.1, 0.15) is 32.3 Å². The van der Waals surface area contributed by atoms with Crippen LogP contribution in [0.25, 0.3) is 0 Å². The number of rotatable bonds is 5. The number of benzene rings is 1. The summed E-state index contributed by atoms with van der Waals surface area (Å²) in [5.41, 5.74) is 1.37. The number of thioether (sulfide) groups is 1. The Balaban J connectivity index is 1.85. The molecule has 0 aliphatic carbocycles. The second-order valence-electron chi connectivity index (χ2n) is 4.96. The number of hydrogen-bond acceptors (Lipinski definition) is 2. The van der Waals surface area contributed by atoms with Crippen LogP contribution in [0.4, 0.5) is 4.39 Å². The maximum Gasteiger partial charge on any atom is 0.157 e. The maximum atomic E-state index is 12.8. The summed E-state index contributed by atoms with van der Waals surface area (Å²) in [7, 11) is 0. The van der Waals surface area contributed by atoms with Crippen LogP contribution >= 0.6 is 11.8 Å². The predicted octanol–water partition coefficient (Wildman–Crippen LogP) is 3.62. The molecular formula is C15H21FN2S. The van der Waals surface area contributed by atoms with E-state index in [-0.39, 0.29) is 11.4 Å². The van der Waals surface area contributed by atoms with Crippen molar-refractivity contribution in [2.45, 2.75) is 38.6 Å². The first kappa shape index (κ1) is 14.4. The van der Waals surface area contributed by atoms with Gasteiger partial charge >= 0.3 is 0 Å². The highest BCUT2D eigenvalue weighted by Crippen LogP contribution is 2.28. The normalized spacial score (nSPS) is 19.6. The lowest BCUT2D eigenvalue weighted by Crippen LogP contribution is -2.42. The van der Waals surface area contributed by atoms with Gasteiger partial charge < -0.3 is 5.32 Å². The molecule has 0 bridgehead atoms. The van der Waals surface area contributed by atoms with Gasteiger partial charge in [0.05, 0.1) is 0 Å². The molecule has 0 radical (unpaired) electrons. The molecule has 0 spiro atoms. The first-order valence-electron chi connectivity index (χ1n) is 6.87. The molecule has 1 aliphatic rings. The standard InChI is InChI=1S/C15H21FN2S/c1-3-15(4-2)11-19-14(18-15)17-10-9-12-5-7-13(16)8-6-12/h5-8H,3-4,9-11H2,1-2H3,(H,17,18). The second-order valence-corrected chi connectivity index (χ2v) is 5.93. The summed E-state index contributed by atoms with van der Waals surface area (Å²) in [6, 6.07) is 6.66. The van der Waals surface area contributed by atoms with Crippen molar-refractivity contribution in [1.82, 2.24) is 5.32 Å². The van der Waals surface area contributed by atoms with E-state index in [9.17, 15) is 4.39 Å². The van der Waals surface area contributed by atoms with Gasteiger partial charge in [0.1, 0.15) is 5.82 Å². The van der Waals surface area contributed by atoms with E-state index in [1.165, 1.54) is 12.1 Å². The van der Waals surface area contributed by atoms with Crippen molar-refractivity contribution >= 4 is 16.9 Å². The van der Waals surface area contributed by atoms with Crippen LogP contribution in [-0.2, 0) is 6.42 Å². The first-order chi connectivity index (χ1) is 9.17. The van der Waals surface area contributed by atoms with E-state index in [1.54, 1.807) is 0 Å². The predicted molar refractivity (Wildman–Crippen MR) is 81.3 cm³/mol. The molecule has 4 heteroatoms. The molecule has 2 rings (SSSR count). The highest BCUT2D eigenvalue weighted by Gasteiger charge is 2.33. The number of aliphatic imine (C=N–C) groups is 1. The minimum absolute atomic E-state index is 0.182. The number of nitrogens with one attached hydrogen (secondary N) is 1. The summed E-state index contributed by atoms with van der Waals surface area (Å²) in [5, 5.41) is 4.61. The van der Waals surface area contributed by atoms with E-state index in [2.05, 4.69) is 24.2 Å². The van der Waals surface area contributed by atoms with Crippen molar-refractivity contribution in [3.05, 3.63) is 35.6 Å². The quantitative estimate of drug-likeness (QED) is 0.891. The third-order valence-electron chi connectivity index (χ3n) is 3.78. The van der Waals surface area contributed by atoms with Gasteiger partial charge in [-0.05, 0) is 37.0 Å². The van der Waals surface area contributed by atoms with Gasteiger partial charge in [0.2, 0.25) is 0 Å². The Morgan fingerprint density at radius 3 is 2.53 bits per heavy atom.